The molecule has 1 saturated carbocycles. The Morgan fingerprint density at radius 2 is 1.72 bits per heavy atom. The Labute approximate surface area is 172 Å². The number of hydrogen-bond acceptors (Lipinski definition) is 1. The molecule has 0 aliphatic heterocycles. The molecule has 2 heteroatoms. The van der Waals surface area contributed by atoms with Gasteiger partial charge >= 0.3 is 0 Å². The molecule has 1 fully saturated rings. The van der Waals surface area contributed by atoms with Crippen LogP contribution in [0, 0.1) is 22.7 Å². The zero-order chi connectivity index (χ0) is 19.3. The van der Waals surface area contributed by atoms with Crippen LogP contribution in [0.1, 0.15) is 113 Å². The number of hydrogen-bond donors (Lipinski definition) is 1. The second-order valence-corrected chi connectivity index (χ2v) is 11.7. The molecule has 3 unspecified atom stereocenters. The molecule has 1 aliphatic rings. The number of alkyl halides is 1. The van der Waals surface area contributed by atoms with E-state index >= 15 is 0 Å². The highest BCUT2D eigenvalue weighted by Crippen LogP contribution is 2.59. The van der Waals surface area contributed by atoms with E-state index in [0.29, 0.717) is 20.3 Å². The molecule has 4 atom stereocenters. The molecule has 0 spiro atoms. The molecule has 2 N–H and O–H groups in total. The summed E-state index contributed by atoms with van der Waals surface area (Å²) in [5.74, 6) is 1.69. The van der Waals surface area contributed by atoms with E-state index in [1.54, 1.807) is 0 Å². The maximum Gasteiger partial charge on any atom is 0.0306 e. The van der Waals surface area contributed by atoms with Crippen molar-refractivity contribution >= 4 is 22.6 Å². The minimum Gasteiger partial charge on any atom is -0.328 e. The molecule has 0 bridgehead atoms. The van der Waals surface area contributed by atoms with E-state index in [0.717, 1.165) is 11.8 Å². The third-order valence-electron chi connectivity index (χ3n) is 8.10. The van der Waals surface area contributed by atoms with Crippen LogP contribution in [-0.4, -0.2) is 9.46 Å². The predicted octanol–water partition coefficient (Wildman–Crippen LogP) is 7.75. The van der Waals surface area contributed by atoms with E-state index in [9.17, 15) is 0 Å². The molecule has 0 radical (unpaired) electrons. The van der Waals surface area contributed by atoms with Crippen molar-refractivity contribution < 1.29 is 0 Å². The minimum absolute atomic E-state index is 0.344. The highest BCUT2D eigenvalue weighted by atomic mass is 127. The van der Waals surface area contributed by atoms with Crippen LogP contribution in [0.25, 0.3) is 0 Å². The molecule has 0 saturated heterocycles. The summed E-state index contributed by atoms with van der Waals surface area (Å²) < 4.78 is 0.450. The standard InChI is InChI=1S/C23H46IN/c1-8-20-14-16-21(6,7)18(4)13-17-23(20,24)22(9-2,10-3)15-11-12-19(5)25/h18-20H,8-17,25H2,1-7H3/t18-,19?,20?,23?/m0/s1. The van der Waals surface area contributed by atoms with Crippen LogP contribution >= 0.6 is 22.6 Å². The summed E-state index contributed by atoms with van der Waals surface area (Å²) in [6.45, 7) is 17.0. The van der Waals surface area contributed by atoms with Crippen molar-refractivity contribution in [3.63, 3.8) is 0 Å². The van der Waals surface area contributed by atoms with Gasteiger partial charge in [-0.1, -0.05) is 77.0 Å². The van der Waals surface area contributed by atoms with Crippen molar-refractivity contribution in [1.82, 2.24) is 0 Å². The van der Waals surface area contributed by atoms with Crippen LogP contribution in [-0.2, 0) is 0 Å². The van der Waals surface area contributed by atoms with Crippen LogP contribution in [0.5, 0.6) is 0 Å². The average molecular weight is 464 g/mol. The quantitative estimate of drug-likeness (QED) is 0.289. The lowest BCUT2D eigenvalue weighted by Crippen LogP contribution is -2.50. The third-order valence-corrected chi connectivity index (χ3v) is 10.7. The fraction of sp³-hybridized carbons (Fsp3) is 1.00. The Kier molecular flexibility index (Phi) is 9.26. The van der Waals surface area contributed by atoms with Crippen LogP contribution in [0.4, 0.5) is 0 Å². The summed E-state index contributed by atoms with van der Waals surface area (Å²) in [5.41, 5.74) is 7.04. The zero-order valence-corrected chi connectivity index (χ0v) is 20.4. The fourth-order valence-corrected chi connectivity index (χ4v) is 7.53. The third kappa shape index (κ3) is 5.36. The molecule has 25 heavy (non-hydrogen) atoms. The monoisotopic (exact) mass is 463 g/mol. The Morgan fingerprint density at radius 3 is 2.20 bits per heavy atom. The van der Waals surface area contributed by atoms with Gasteiger partial charge in [0.2, 0.25) is 0 Å². The summed E-state index contributed by atoms with van der Waals surface area (Å²) in [5, 5.41) is 0. The first-order valence-electron chi connectivity index (χ1n) is 11.0. The molecule has 0 aromatic heterocycles. The Balaban J connectivity index is 3.13. The van der Waals surface area contributed by atoms with Gasteiger partial charge in [0.05, 0.1) is 0 Å². The maximum atomic E-state index is 6.06. The van der Waals surface area contributed by atoms with Crippen LogP contribution < -0.4 is 5.73 Å². The lowest BCUT2D eigenvalue weighted by Gasteiger charge is -2.54. The van der Waals surface area contributed by atoms with E-state index in [4.69, 9.17) is 5.73 Å². The fourth-order valence-electron chi connectivity index (χ4n) is 5.43. The van der Waals surface area contributed by atoms with Gasteiger partial charge in [-0.2, -0.15) is 0 Å². The van der Waals surface area contributed by atoms with Crippen LogP contribution in [0.3, 0.4) is 0 Å². The van der Waals surface area contributed by atoms with Crippen molar-refractivity contribution in [3.05, 3.63) is 0 Å². The summed E-state index contributed by atoms with van der Waals surface area (Å²) in [7, 11) is 0. The van der Waals surface area contributed by atoms with E-state index < -0.39 is 0 Å². The molecular weight excluding hydrogens is 417 g/mol. The van der Waals surface area contributed by atoms with E-state index in [1.165, 1.54) is 64.2 Å². The first kappa shape index (κ1) is 23.7. The molecule has 0 heterocycles. The first-order valence-corrected chi connectivity index (χ1v) is 12.1. The van der Waals surface area contributed by atoms with Gasteiger partial charge in [0.1, 0.15) is 0 Å². The van der Waals surface area contributed by atoms with Gasteiger partial charge in [0, 0.05) is 9.46 Å². The average Bonchev–Trinajstić information content (AvgIpc) is 2.56. The van der Waals surface area contributed by atoms with E-state index in [2.05, 4.69) is 71.1 Å². The second-order valence-electron chi connectivity index (χ2n) is 9.79. The zero-order valence-electron chi connectivity index (χ0n) is 18.3. The van der Waals surface area contributed by atoms with E-state index in [-0.39, 0.29) is 0 Å². The summed E-state index contributed by atoms with van der Waals surface area (Å²) in [6, 6.07) is 0.344. The molecular formula is C23H46IN. The second kappa shape index (κ2) is 9.75. The van der Waals surface area contributed by atoms with Gasteiger partial charge in [0.25, 0.3) is 0 Å². The number of halogens is 1. The molecule has 150 valence electrons. The molecule has 1 aliphatic carbocycles. The first-order chi connectivity index (χ1) is 11.6. The Bertz CT molecular complexity index is 386. The summed E-state index contributed by atoms with van der Waals surface area (Å²) in [6.07, 6.45) is 13.4. The minimum atomic E-state index is 0.344. The topological polar surface area (TPSA) is 26.0 Å². The predicted molar refractivity (Wildman–Crippen MR) is 122 cm³/mol. The highest BCUT2D eigenvalue weighted by Gasteiger charge is 2.51. The van der Waals surface area contributed by atoms with Gasteiger partial charge in [-0.05, 0) is 81.0 Å². The van der Waals surface area contributed by atoms with Crippen LogP contribution in [0.15, 0.2) is 0 Å². The molecule has 1 nitrogen and oxygen atoms in total. The largest absolute Gasteiger partial charge is 0.328 e. The van der Waals surface area contributed by atoms with E-state index in [1.807, 2.05) is 0 Å². The highest BCUT2D eigenvalue weighted by molar-refractivity contribution is 14.1. The van der Waals surface area contributed by atoms with Gasteiger partial charge in [-0.25, -0.2) is 0 Å². The SMILES string of the molecule is CCC1CCC(C)(C)[C@@H](C)CCC1(I)C(CC)(CC)CCCC(C)N. The van der Waals surface area contributed by atoms with Gasteiger partial charge in [0.15, 0.2) is 0 Å². The lowest BCUT2D eigenvalue weighted by molar-refractivity contribution is 0.0594. The van der Waals surface area contributed by atoms with Gasteiger partial charge in [-0.3, -0.25) is 0 Å². The normalized spacial score (nSPS) is 32.0. The maximum absolute atomic E-state index is 6.06. The number of nitrogens with two attached hydrogens (primary N) is 1. The lowest BCUT2D eigenvalue weighted by atomic mass is 9.57. The Hall–Kier alpha value is 0.690. The van der Waals surface area contributed by atoms with Crippen molar-refractivity contribution in [1.29, 1.82) is 0 Å². The summed E-state index contributed by atoms with van der Waals surface area (Å²) in [4.78, 5) is 0. The Morgan fingerprint density at radius 1 is 1.12 bits per heavy atom. The summed E-state index contributed by atoms with van der Waals surface area (Å²) >= 11 is 2.96. The smallest absolute Gasteiger partial charge is 0.0306 e. The molecule has 0 aromatic carbocycles. The van der Waals surface area contributed by atoms with Crippen molar-refractivity contribution in [2.24, 2.45) is 28.4 Å². The van der Waals surface area contributed by atoms with Crippen LogP contribution in [0.2, 0.25) is 0 Å². The number of rotatable bonds is 8. The molecule has 0 aromatic rings. The van der Waals surface area contributed by atoms with Gasteiger partial charge < -0.3 is 5.73 Å². The van der Waals surface area contributed by atoms with Crippen molar-refractivity contribution in [2.45, 2.75) is 122 Å². The van der Waals surface area contributed by atoms with Crippen molar-refractivity contribution in [2.75, 3.05) is 0 Å². The van der Waals surface area contributed by atoms with Crippen molar-refractivity contribution in [3.8, 4) is 0 Å². The molecule has 0 amide bonds. The molecule has 1 rings (SSSR count). The van der Waals surface area contributed by atoms with Gasteiger partial charge in [-0.15, -0.1) is 0 Å².